The van der Waals surface area contributed by atoms with E-state index in [0.29, 0.717) is 11.6 Å². The lowest BCUT2D eigenvalue weighted by Crippen LogP contribution is -2.30. The molecule has 18 heavy (non-hydrogen) atoms. The van der Waals surface area contributed by atoms with Crippen LogP contribution in [0.2, 0.25) is 0 Å². The smallest absolute Gasteiger partial charge is 0.0740 e. The molecular weight excluding hydrogens is 312 g/mol. The average Bonchev–Trinajstić information content (AvgIpc) is 2.32. The van der Waals surface area contributed by atoms with Crippen molar-refractivity contribution in [3.05, 3.63) is 34.3 Å². The first-order valence-corrected chi connectivity index (χ1v) is 7.06. The predicted octanol–water partition coefficient (Wildman–Crippen LogP) is 2.57. The Bertz CT molecular complexity index is 387. The van der Waals surface area contributed by atoms with Gasteiger partial charge in [0.05, 0.1) is 11.6 Å². The van der Waals surface area contributed by atoms with Crippen molar-refractivity contribution in [1.82, 2.24) is 4.90 Å². The van der Waals surface area contributed by atoms with Crippen molar-refractivity contribution in [2.45, 2.75) is 13.0 Å². The molecule has 0 saturated carbocycles. The van der Waals surface area contributed by atoms with Gasteiger partial charge in [-0.05, 0) is 17.7 Å². The second-order valence-corrected chi connectivity index (χ2v) is 5.56. The van der Waals surface area contributed by atoms with Gasteiger partial charge in [-0.25, -0.2) is 0 Å². The number of benzene rings is 1. The lowest BCUT2D eigenvalue weighted by molar-refractivity contribution is 0.146. The summed E-state index contributed by atoms with van der Waals surface area (Å²) in [6.07, 6.45) is 0.743. The minimum Gasteiger partial charge on any atom is -0.393 e. The summed E-state index contributed by atoms with van der Waals surface area (Å²) in [4.78, 5) is 2.86. The molecule has 1 rings (SSSR count). The summed E-state index contributed by atoms with van der Waals surface area (Å²) in [5.74, 6) is 0. The van der Waals surface area contributed by atoms with Crippen LogP contribution in [0.1, 0.15) is 12.0 Å². The van der Waals surface area contributed by atoms with E-state index in [4.69, 9.17) is 22.7 Å². The molecule has 0 aliphatic heterocycles. The highest BCUT2D eigenvalue weighted by Crippen LogP contribution is 2.13. The van der Waals surface area contributed by atoms with Gasteiger partial charge in [-0.15, -0.1) is 0 Å². The van der Waals surface area contributed by atoms with E-state index in [1.54, 1.807) is 7.11 Å². The third kappa shape index (κ3) is 6.44. The fourth-order valence-electron chi connectivity index (χ4n) is 1.65. The zero-order valence-electron chi connectivity index (χ0n) is 10.6. The van der Waals surface area contributed by atoms with Gasteiger partial charge in [0.2, 0.25) is 0 Å². The van der Waals surface area contributed by atoms with Crippen LogP contribution in [0.4, 0.5) is 0 Å². The van der Waals surface area contributed by atoms with Crippen LogP contribution in [0.25, 0.3) is 0 Å². The molecule has 0 radical (unpaired) electrons. The highest BCUT2D eigenvalue weighted by Gasteiger charge is 2.06. The van der Waals surface area contributed by atoms with Crippen molar-refractivity contribution in [2.24, 2.45) is 5.73 Å². The van der Waals surface area contributed by atoms with Crippen molar-refractivity contribution >= 4 is 33.1 Å². The molecule has 0 bridgehead atoms. The van der Waals surface area contributed by atoms with Gasteiger partial charge in [-0.1, -0.05) is 40.3 Å². The Kier molecular flexibility index (Phi) is 7.42. The summed E-state index contributed by atoms with van der Waals surface area (Å²) in [7, 11) is 1.71. The number of nitrogens with zero attached hydrogens (tertiary/aromatic N) is 1. The Labute approximate surface area is 122 Å². The molecule has 0 aromatic heterocycles. The fraction of sp³-hybridized carbons (Fsp3) is 0.462. The number of methoxy groups -OCH3 is 1. The van der Waals surface area contributed by atoms with Crippen LogP contribution in [-0.2, 0) is 11.3 Å². The van der Waals surface area contributed by atoms with Gasteiger partial charge in [0.15, 0.2) is 0 Å². The zero-order chi connectivity index (χ0) is 13.4. The first-order valence-electron chi connectivity index (χ1n) is 5.86. The topological polar surface area (TPSA) is 38.5 Å². The minimum absolute atomic E-state index is 0.562. The molecule has 0 saturated heterocycles. The molecule has 5 heteroatoms. The molecule has 0 amide bonds. The van der Waals surface area contributed by atoms with Crippen molar-refractivity contribution in [1.29, 1.82) is 0 Å². The highest BCUT2D eigenvalue weighted by atomic mass is 79.9. The predicted molar refractivity (Wildman–Crippen MR) is 82.7 cm³/mol. The zero-order valence-corrected chi connectivity index (χ0v) is 13.0. The van der Waals surface area contributed by atoms with Crippen LogP contribution in [0.5, 0.6) is 0 Å². The van der Waals surface area contributed by atoms with Crippen molar-refractivity contribution in [3.8, 4) is 0 Å². The number of halogens is 1. The SMILES string of the molecule is COCCN(CCC(N)=S)Cc1cccc(Br)c1. The van der Waals surface area contributed by atoms with Crippen LogP contribution >= 0.6 is 28.1 Å². The molecule has 2 N–H and O–H groups in total. The molecule has 0 heterocycles. The molecule has 0 fully saturated rings. The molecule has 100 valence electrons. The third-order valence-electron chi connectivity index (χ3n) is 2.58. The second kappa shape index (κ2) is 8.58. The Morgan fingerprint density at radius 3 is 2.83 bits per heavy atom. The number of nitrogens with two attached hydrogens (primary N) is 1. The number of hydrogen-bond acceptors (Lipinski definition) is 3. The normalized spacial score (nSPS) is 10.8. The Morgan fingerprint density at radius 1 is 1.44 bits per heavy atom. The third-order valence-corrected chi connectivity index (χ3v) is 3.28. The van der Waals surface area contributed by atoms with Crippen LogP contribution in [0, 0.1) is 0 Å². The number of rotatable bonds is 8. The van der Waals surface area contributed by atoms with Crippen molar-refractivity contribution < 1.29 is 4.74 Å². The summed E-state index contributed by atoms with van der Waals surface area (Å²) >= 11 is 8.41. The monoisotopic (exact) mass is 330 g/mol. The van der Waals surface area contributed by atoms with Gasteiger partial charge < -0.3 is 10.5 Å². The molecular formula is C13H19BrN2OS. The highest BCUT2D eigenvalue weighted by molar-refractivity contribution is 9.10. The minimum atomic E-state index is 0.562. The van der Waals surface area contributed by atoms with E-state index in [1.807, 2.05) is 12.1 Å². The summed E-state index contributed by atoms with van der Waals surface area (Å²) in [6.45, 7) is 3.34. The molecule has 0 unspecified atom stereocenters. The quantitative estimate of drug-likeness (QED) is 0.743. The Hall–Kier alpha value is -0.490. The van der Waals surface area contributed by atoms with Gasteiger partial charge in [-0.3, -0.25) is 4.90 Å². The van der Waals surface area contributed by atoms with E-state index in [1.165, 1.54) is 5.56 Å². The van der Waals surface area contributed by atoms with Crippen LogP contribution in [-0.4, -0.2) is 36.7 Å². The van der Waals surface area contributed by atoms with Gasteiger partial charge in [0, 0.05) is 37.6 Å². The van der Waals surface area contributed by atoms with Crippen molar-refractivity contribution in [3.63, 3.8) is 0 Å². The maximum Gasteiger partial charge on any atom is 0.0740 e. The number of hydrogen-bond donors (Lipinski definition) is 1. The summed E-state index contributed by atoms with van der Waals surface area (Å²) in [5, 5.41) is 0. The standard InChI is InChI=1S/C13H19BrN2OS/c1-17-8-7-16(6-5-13(15)18)10-11-3-2-4-12(14)9-11/h2-4,9H,5-8,10H2,1H3,(H2,15,18). The van der Waals surface area contributed by atoms with Crippen LogP contribution in [0.3, 0.4) is 0 Å². The molecule has 0 atom stereocenters. The van der Waals surface area contributed by atoms with Gasteiger partial charge in [-0.2, -0.15) is 0 Å². The lowest BCUT2D eigenvalue weighted by atomic mass is 10.2. The van der Waals surface area contributed by atoms with Crippen LogP contribution < -0.4 is 5.73 Å². The molecule has 3 nitrogen and oxygen atoms in total. The van der Waals surface area contributed by atoms with E-state index in [0.717, 1.165) is 30.5 Å². The van der Waals surface area contributed by atoms with E-state index in [-0.39, 0.29) is 0 Å². The van der Waals surface area contributed by atoms with E-state index < -0.39 is 0 Å². The van der Waals surface area contributed by atoms with Crippen molar-refractivity contribution in [2.75, 3.05) is 26.8 Å². The largest absolute Gasteiger partial charge is 0.393 e. The van der Waals surface area contributed by atoms with Gasteiger partial charge >= 0.3 is 0 Å². The van der Waals surface area contributed by atoms with Gasteiger partial charge in [0.1, 0.15) is 0 Å². The maximum atomic E-state index is 5.55. The average molecular weight is 331 g/mol. The maximum absolute atomic E-state index is 5.55. The molecule has 0 spiro atoms. The number of ether oxygens (including phenoxy) is 1. The molecule has 1 aromatic rings. The summed E-state index contributed by atoms with van der Waals surface area (Å²) in [6, 6.07) is 8.31. The summed E-state index contributed by atoms with van der Waals surface area (Å²) in [5.41, 5.74) is 6.82. The first-order chi connectivity index (χ1) is 8.61. The molecule has 0 aliphatic rings. The Balaban J connectivity index is 2.56. The van der Waals surface area contributed by atoms with Gasteiger partial charge in [0.25, 0.3) is 0 Å². The van der Waals surface area contributed by atoms with E-state index in [2.05, 4.69) is 33.0 Å². The van der Waals surface area contributed by atoms with E-state index >= 15 is 0 Å². The first kappa shape index (κ1) is 15.6. The molecule has 1 aromatic carbocycles. The lowest BCUT2D eigenvalue weighted by Gasteiger charge is -2.21. The fourth-order valence-corrected chi connectivity index (χ4v) is 2.19. The Morgan fingerprint density at radius 2 is 2.22 bits per heavy atom. The van der Waals surface area contributed by atoms with Crippen LogP contribution in [0.15, 0.2) is 28.7 Å². The second-order valence-electron chi connectivity index (χ2n) is 4.12. The van der Waals surface area contributed by atoms with E-state index in [9.17, 15) is 0 Å². The summed E-state index contributed by atoms with van der Waals surface area (Å²) < 4.78 is 6.22. The molecule has 0 aliphatic carbocycles. The number of thiocarbonyl (C=S) groups is 1.